The van der Waals surface area contributed by atoms with Gasteiger partial charge in [-0.1, -0.05) is 49.6 Å². The van der Waals surface area contributed by atoms with Crippen molar-refractivity contribution in [3.63, 3.8) is 0 Å². The van der Waals surface area contributed by atoms with E-state index >= 15 is 0 Å². The van der Waals surface area contributed by atoms with Crippen LogP contribution < -0.4 is 0 Å². The van der Waals surface area contributed by atoms with Gasteiger partial charge in [-0.05, 0) is 25.7 Å². The van der Waals surface area contributed by atoms with E-state index in [0.29, 0.717) is 12.3 Å². The Morgan fingerprint density at radius 2 is 1.90 bits per heavy atom. The maximum absolute atomic E-state index is 10.8. The molecule has 1 N–H and O–H groups in total. The van der Waals surface area contributed by atoms with Crippen LogP contribution in [0.1, 0.15) is 44.0 Å². The van der Waals surface area contributed by atoms with Crippen LogP contribution in [0.15, 0.2) is 35.7 Å². The van der Waals surface area contributed by atoms with Crippen molar-refractivity contribution < 1.29 is 5.11 Å². The summed E-state index contributed by atoms with van der Waals surface area (Å²) in [7, 11) is 0. The highest BCUT2D eigenvalue weighted by Gasteiger charge is 2.33. The molecule has 0 radical (unpaired) electrons. The first-order valence-electron chi connectivity index (χ1n) is 7.87. The number of thiazole rings is 1. The average Bonchev–Trinajstić information content (AvgIpc) is 2.97. The van der Waals surface area contributed by atoms with Crippen molar-refractivity contribution in [1.82, 2.24) is 4.98 Å². The highest BCUT2D eigenvalue weighted by molar-refractivity contribution is 7.09. The molecule has 1 fully saturated rings. The van der Waals surface area contributed by atoms with Crippen molar-refractivity contribution in [2.24, 2.45) is 5.92 Å². The molecule has 0 amide bonds. The van der Waals surface area contributed by atoms with Crippen LogP contribution in [0, 0.1) is 5.92 Å². The summed E-state index contributed by atoms with van der Waals surface area (Å²) in [5.74, 6) is 0.426. The van der Waals surface area contributed by atoms with Crippen molar-refractivity contribution in [3.8, 4) is 11.3 Å². The number of hydrogen-bond donors (Lipinski definition) is 1. The molecule has 3 heteroatoms. The molecule has 1 aliphatic rings. The summed E-state index contributed by atoms with van der Waals surface area (Å²) in [5.41, 5.74) is 1.55. The van der Waals surface area contributed by atoms with E-state index in [0.717, 1.165) is 29.1 Å². The minimum Gasteiger partial charge on any atom is -0.389 e. The van der Waals surface area contributed by atoms with Crippen molar-refractivity contribution in [3.05, 3.63) is 40.7 Å². The van der Waals surface area contributed by atoms with Gasteiger partial charge in [0, 0.05) is 17.4 Å². The Balaban J connectivity index is 1.71. The fourth-order valence-corrected chi connectivity index (χ4v) is 4.27. The topological polar surface area (TPSA) is 33.1 Å². The zero-order chi connectivity index (χ0) is 14.7. The second-order valence-electron chi connectivity index (χ2n) is 6.36. The normalized spacial score (nSPS) is 19.3. The van der Waals surface area contributed by atoms with E-state index in [9.17, 15) is 5.11 Å². The first-order valence-corrected chi connectivity index (χ1v) is 8.75. The van der Waals surface area contributed by atoms with Gasteiger partial charge in [-0.3, -0.25) is 0 Å². The molecule has 112 valence electrons. The monoisotopic (exact) mass is 301 g/mol. The molecule has 1 unspecified atom stereocenters. The molecule has 2 aromatic rings. The molecule has 2 nitrogen and oxygen atoms in total. The van der Waals surface area contributed by atoms with E-state index in [1.54, 1.807) is 11.3 Å². The summed E-state index contributed by atoms with van der Waals surface area (Å²) in [5, 5.41) is 14.0. The average molecular weight is 301 g/mol. The molecule has 0 spiro atoms. The quantitative estimate of drug-likeness (QED) is 0.889. The van der Waals surface area contributed by atoms with E-state index in [2.05, 4.69) is 17.5 Å². The Labute approximate surface area is 130 Å². The molecule has 0 aliphatic heterocycles. The molecule has 1 atom stereocenters. The number of aromatic nitrogens is 1. The Hall–Kier alpha value is -1.19. The zero-order valence-electron chi connectivity index (χ0n) is 12.6. The van der Waals surface area contributed by atoms with Gasteiger partial charge in [0.05, 0.1) is 16.3 Å². The second kappa shape index (κ2) is 6.29. The largest absolute Gasteiger partial charge is 0.389 e. The SMILES string of the molecule is CC(O)(Cc1nc(-c2ccccc2)cs1)C1CCCCC1. The Morgan fingerprint density at radius 1 is 1.19 bits per heavy atom. The van der Waals surface area contributed by atoms with Gasteiger partial charge < -0.3 is 5.11 Å². The van der Waals surface area contributed by atoms with Crippen molar-refractivity contribution in [2.75, 3.05) is 0 Å². The molecule has 1 aromatic heterocycles. The van der Waals surface area contributed by atoms with Crippen LogP contribution in [-0.4, -0.2) is 15.7 Å². The van der Waals surface area contributed by atoms with E-state index in [1.807, 2.05) is 25.1 Å². The highest BCUT2D eigenvalue weighted by atomic mass is 32.1. The number of benzene rings is 1. The fraction of sp³-hybridized carbons (Fsp3) is 0.500. The van der Waals surface area contributed by atoms with Gasteiger partial charge in [0.15, 0.2) is 0 Å². The van der Waals surface area contributed by atoms with E-state index in [-0.39, 0.29) is 0 Å². The summed E-state index contributed by atoms with van der Waals surface area (Å²) in [6.07, 6.45) is 6.83. The van der Waals surface area contributed by atoms with Crippen LogP contribution in [0.3, 0.4) is 0 Å². The number of nitrogens with zero attached hydrogens (tertiary/aromatic N) is 1. The van der Waals surface area contributed by atoms with Crippen LogP contribution in [0.5, 0.6) is 0 Å². The van der Waals surface area contributed by atoms with Gasteiger partial charge in [0.1, 0.15) is 0 Å². The molecular formula is C18H23NOS. The lowest BCUT2D eigenvalue weighted by Crippen LogP contribution is -2.38. The van der Waals surface area contributed by atoms with Crippen LogP contribution >= 0.6 is 11.3 Å². The molecule has 3 rings (SSSR count). The van der Waals surface area contributed by atoms with E-state index in [1.165, 1.54) is 19.3 Å². The standard InChI is InChI=1S/C18H23NOS/c1-18(20,15-10-6-3-7-11-15)12-17-19-16(13-21-17)14-8-4-2-5-9-14/h2,4-5,8-9,13,15,20H,3,6-7,10-12H2,1H3. The van der Waals surface area contributed by atoms with Crippen LogP contribution in [-0.2, 0) is 6.42 Å². The van der Waals surface area contributed by atoms with E-state index < -0.39 is 5.60 Å². The molecule has 0 bridgehead atoms. The van der Waals surface area contributed by atoms with Crippen LogP contribution in [0.25, 0.3) is 11.3 Å². The van der Waals surface area contributed by atoms with Gasteiger partial charge in [-0.2, -0.15) is 0 Å². The number of hydrogen-bond acceptors (Lipinski definition) is 3. The van der Waals surface area contributed by atoms with Gasteiger partial charge in [0.25, 0.3) is 0 Å². The second-order valence-corrected chi connectivity index (χ2v) is 7.30. The summed E-state index contributed by atoms with van der Waals surface area (Å²) in [6, 6.07) is 10.2. The molecule has 1 aliphatic carbocycles. The predicted octanol–water partition coefficient (Wildman–Crippen LogP) is 4.68. The third-order valence-corrected chi connectivity index (χ3v) is 5.46. The van der Waals surface area contributed by atoms with Crippen molar-refractivity contribution in [1.29, 1.82) is 0 Å². The van der Waals surface area contributed by atoms with Gasteiger partial charge >= 0.3 is 0 Å². The summed E-state index contributed by atoms with van der Waals surface area (Å²) in [6.45, 7) is 1.99. The lowest BCUT2D eigenvalue weighted by Gasteiger charge is -2.35. The molecular weight excluding hydrogens is 278 g/mol. The molecule has 21 heavy (non-hydrogen) atoms. The third-order valence-electron chi connectivity index (χ3n) is 4.62. The summed E-state index contributed by atoms with van der Waals surface area (Å²) in [4.78, 5) is 4.72. The number of aliphatic hydroxyl groups is 1. The van der Waals surface area contributed by atoms with Gasteiger partial charge in [0.2, 0.25) is 0 Å². The smallest absolute Gasteiger partial charge is 0.0961 e. The summed E-state index contributed by atoms with van der Waals surface area (Å²) < 4.78 is 0. The first kappa shape index (κ1) is 14.7. The van der Waals surface area contributed by atoms with Gasteiger partial charge in [-0.25, -0.2) is 4.98 Å². The Bertz CT molecular complexity index is 570. The lowest BCUT2D eigenvalue weighted by molar-refractivity contribution is -0.0159. The van der Waals surface area contributed by atoms with E-state index in [4.69, 9.17) is 4.98 Å². The fourth-order valence-electron chi connectivity index (χ4n) is 3.31. The first-order chi connectivity index (χ1) is 10.1. The van der Waals surface area contributed by atoms with Crippen LogP contribution in [0.2, 0.25) is 0 Å². The highest BCUT2D eigenvalue weighted by Crippen LogP contribution is 2.35. The van der Waals surface area contributed by atoms with Crippen LogP contribution in [0.4, 0.5) is 0 Å². The molecule has 0 saturated heterocycles. The predicted molar refractivity (Wildman–Crippen MR) is 88.5 cm³/mol. The van der Waals surface area contributed by atoms with Crippen molar-refractivity contribution >= 4 is 11.3 Å². The zero-order valence-corrected chi connectivity index (χ0v) is 13.4. The van der Waals surface area contributed by atoms with Crippen molar-refractivity contribution in [2.45, 2.75) is 51.0 Å². The molecule has 1 aromatic carbocycles. The Kier molecular flexibility index (Phi) is 4.41. The molecule has 1 saturated carbocycles. The maximum atomic E-state index is 10.8. The third kappa shape index (κ3) is 3.53. The maximum Gasteiger partial charge on any atom is 0.0961 e. The minimum absolute atomic E-state index is 0.426. The summed E-state index contributed by atoms with van der Waals surface area (Å²) >= 11 is 1.66. The lowest BCUT2D eigenvalue weighted by atomic mass is 9.76. The molecule has 1 heterocycles. The van der Waals surface area contributed by atoms with Gasteiger partial charge in [-0.15, -0.1) is 11.3 Å². The Morgan fingerprint density at radius 3 is 2.62 bits per heavy atom. The minimum atomic E-state index is -0.619. The number of rotatable bonds is 4.